The number of rotatable bonds is 6. The number of aromatic nitrogens is 1. The molecule has 1 heterocycles. The summed E-state index contributed by atoms with van der Waals surface area (Å²) in [6.45, 7) is 2.33. The zero-order valence-electron chi connectivity index (χ0n) is 14.8. The molecule has 5 nitrogen and oxygen atoms in total. The number of carbonyl (C=O) groups is 1. The maximum atomic E-state index is 13.2. The molecule has 2 rings (SSSR count). The van der Waals surface area contributed by atoms with Gasteiger partial charge in [-0.05, 0) is 18.6 Å². The van der Waals surface area contributed by atoms with E-state index in [1.54, 1.807) is 0 Å². The Morgan fingerprint density at radius 2 is 1.79 bits per heavy atom. The number of benzene rings is 1. The average Bonchev–Trinajstić information content (AvgIpc) is 2.61. The van der Waals surface area contributed by atoms with E-state index in [0.29, 0.717) is 18.7 Å². The SMILES string of the molecule is CCCCCNC(=O)NNc1cc(C(F)(F)F)nc2c(C(F)(F)F)cccc12. The summed E-state index contributed by atoms with van der Waals surface area (Å²) in [5.74, 6) is 0. The average molecular weight is 408 g/mol. The van der Waals surface area contributed by atoms with Crippen LogP contribution in [0.15, 0.2) is 24.3 Å². The third kappa shape index (κ3) is 5.40. The van der Waals surface area contributed by atoms with E-state index in [1.807, 2.05) is 6.92 Å². The molecule has 0 bridgehead atoms. The van der Waals surface area contributed by atoms with Gasteiger partial charge in [0.1, 0.15) is 5.69 Å². The first-order valence-corrected chi connectivity index (χ1v) is 8.42. The van der Waals surface area contributed by atoms with Crippen LogP contribution in [0.5, 0.6) is 0 Å². The van der Waals surface area contributed by atoms with Gasteiger partial charge in [-0.1, -0.05) is 31.9 Å². The Bertz CT molecular complexity index is 835. The number of urea groups is 1. The number of anilines is 1. The van der Waals surface area contributed by atoms with Gasteiger partial charge in [-0.3, -0.25) is 10.9 Å². The van der Waals surface area contributed by atoms with Gasteiger partial charge in [0.2, 0.25) is 0 Å². The highest BCUT2D eigenvalue weighted by molar-refractivity contribution is 5.94. The van der Waals surface area contributed by atoms with Gasteiger partial charge in [0, 0.05) is 11.9 Å². The minimum absolute atomic E-state index is 0.214. The monoisotopic (exact) mass is 408 g/mol. The van der Waals surface area contributed by atoms with E-state index < -0.39 is 35.2 Å². The van der Waals surface area contributed by atoms with Crippen LogP contribution in [0.4, 0.5) is 36.8 Å². The smallest absolute Gasteiger partial charge is 0.337 e. The Balaban J connectivity index is 2.35. The quantitative estimate of drug-likeness (QED) is 0.354. The lowest BCUT2D eigenvalue weighted by Gasteiger charge is -2.17. The molecule has 0 fully saturated rings. The summed E-state index contributed by atoms with van der Waals surface area (Å²) in [5.41, 5.74) is 0.348. The minimum Gasteiger partial charge on any atom is -0.337 e. The number of nitrogens with one attached hydrogen (secondary N) is 3. The summed E-state index contributed by atoms with van der Waals surface area (Å²) in [4.78, 5) is 14.9. The van der Waals surface area contributed by atoms with Crippen molar-refractivity contribution in [2.75, 3.05) is 12.0 Å². The number of hydrogen-bond acceptors (Lipinski definition) is 3. The van der Waals surface area contributed by atoms with E-state index >= 15 is 0 Å². The van der Waals surface area contributed by atoms with Crippen molar-refractivity contribution in [3.05, 3.63) is 35.5 Å². The van der Waals surface area contributed by atoms with Gasteiger partial charge in [0.05, 0.1) is 16.8 Å². The Hall–Kier alpha value is -2.72. The lowest BCUT2D eigenvalue weighted by molar-refractivity contribution is -0.142. The van der Waals surface area contributed by atoms with Crippen molar-refractivity contribution in [2.45, 2.75) is 38.5 Å². The fourth-order valence-electron chi connectivity index (χ4n) is 2.47. The van der Waals surface area contributed by atoms with Gasteiger partial charge in [0.25, 0.3) is 0 Å². The van der Waals surface area contributed by atoms with Crippen molar-refractivity contribution in [3.63, 3.8) is 0 Å². The lowest BCUT2D eigenvalue weighted by atomic mass is 10.1. The molecule has 154 valence electrons. The van der Waals surface area contributed by atoms with E-state index in [4.69, 9.17) is 0 Å². The number of alkyl halides is 6. The molecule has 0 unspecified atom stereocenters. The summed E-state index contributed by atoms with van der Waals surface area (Å²) >= 11 is 0. The number of halogens is 6. The van der Waals surface area contributed by atoms with Crippen LogP contribution in [0, 0.1) is 0 Å². The highest BCUT2D eigenvalue weighted by Gasteiger charge is 2.37. The second-order valence-electron chi connectivity index (χ2n) is 5.97. The fraction of sp³-hybridized carbons (Fsp3) is 0.412. The van der Waals surface area contributed by atoms with Crippen LogP contribution in [0.25, 0.3) is 10.9 Å². The fourth-order valence-corrected chi connectivity index (χ4v) is 2.47. The van der Waals surface area contributed by atoms with Crippen molar-refractivity contribution < 1.29 is 31.1 Å². The van der Waals surface area contributed by atoms with Crippen LogP contribution < -0.4 is 16.2 Å². The molecule has 2 aromatic rings. The first-order valence-electron chi connectivity index (χ1n) is 8.42. The minimum atomic E-state index is -4.97. The van der Waals surface area contributed by atoms with Crippen molar-refractivity contribution in [2.24, 2.45) is 0 Å². The second-order valence-corrected chi connectivity index (χ2v) is 5.97. The van der Waals surface area contributed by atoms with Crippen LogP contribution in [0.2, 0.25) is 0 Å². The van der Waals surface area contributed by atoms with Crippen LogP contribution in [-0.2, 0) is 12.4 Å². The number of fused-ring (bicyclic) bond motifs is 1. The lowest BCUT2D eigenvalue weighted by Crippen LogP contribution is -2.39. The number of carbonyl (C=O) groups excluding carboxylic acids is 1. The number of para-hydroxylation sites is 1. The molecule has 0 aliphatic carbocycles. The molecule has 0 spiro atoms. The summed E-state index contributed by atoms with van der Waals surface area (Å²) in [6.07, 6.45) is -7.32. The largest absolute Gasteiger partial charge is 0.433 e. The third-order valence-electron chi connectivity index (χ3n) is 3.81. The molecule has 0 saturated carbocycles. The molecule has 1 aromatic carbocycles. The van der Waals surface area contributed by atoms with E-state index in [2.05, 4.69) is 21.2 Å². The summed E-state index contributed by atoms with van der Waals surface area (Å²) in [7, 11) is 0. The Labute approximate surface area is 156 Å². The van der Waals surface area contributed by atoms with Crippen LogP contribution >= 0.6 is 0 Å². The molecule has 0 aliphatic rings. The Morgan fingerprint density at radius 1 is 1.07 bits per heavy atom. The van der Waals surface area contributed by atoms with E-state index in [-0.39, 0.29) is 11.1 Å². The van der Waals surface area contributed by atoms with Gasteiger partial charge in [-0.25, -0.2) is 9.78 Å². The first-order chi connectivity index (χ1) is 13.0. The molecule has 1 aromatic heterocycles. The molecule has 0 aliphatic heterocycles. The van der Waals surface area contributed by atoms with Gasteiger partial charge in [-0.15, -0.1) is 0 Å². The van der Waals surface area contributed by atoms with Crippen LogP contribution in [-0.4, -0.2) is 17.6 Å². The Kier molecular flexibility index (Phi) is 6.57. The number of pyridine rings is 1. The summed E-state index contributed by atoms with van der Waals surface area (Å²) < 4.78 is 78.8. The second kappa shape index (κ2) is 8.53. The molecule has 3 N–H and O–H groups in total. The molecule has 11 heteroatoms. The molecule has 0 radical (unpaired) electrons. The van der Waals surface area contributed by atoms with Crippen molar-refractivity contribution in [3.8, 4) is 0 Å². The summed E-state index contributed by atoms with van der Waals surface area (Å²) in [5, 5.41) is 2.27. The molecule has 0 saturated heterocycles. The maximum absolute atomic E-state index is 13.2. The Morgan fingerprint density at radius 3 is 2.39 bits per heavy atom. The van der Waals surface area contributed by atoms with E-state index in [0.717, 1.165) is 25.3 Å². The number of hydrogen-bond donors (Lipinski definition) is 3. The van der Waals surface area contributed by atoms with Gasteiger partial charge in [0.15, 0.2) is 0 Å². The molecule has 2 amide bonds. The predicted octanol–water partition coefficient (Wildman–Crippen LogP) is 5.09. The maximum Gasteiger partial charge on any atom is 0.433 e. The van der Waals surface area contributed by atoms with Crippen LogP contribution in [0.3, 0.4) is 0 Å². The predicted molar refractivity (Wildman–Crippen MR) is 91.4 cm³/mol. The van der Waals surface area contributed by atoms with Crippen molar-refractivity contribution in [1.29, 1.82) is 0 Å². The van der Waals surface area contributed by atoms with Gasteiger partial charge in [-0.2, -0.15) is 26.3 Å². The summed E-state index contributed by atoms with van der Waals surface area (Å²) in [6, 6.07) is 2.70. The van der Waals surface area contributed by atoms with Crippen LogP contribution in [0.1, 0.15) is 37.4 Å². The molecule has 28 heavy (non-hydrogen) atoms. The molecule has 0 atom stereocenters. The zero-order chi connectivity index (χ0) is 20.9. The normalized spacial score (nSPS) is 12.1. The first kappa shape index (κ1) is 21.6. The van der Waals surface area contributed by atoms with Crippen molar-refractivity contribution >= 4 is 22.6 Å². The van der Waals surface area contributed by atoms with E-state index in [9.17, 15) is 31.1 Å². The number of amides is 2. The molecular formula is C17H18F6N4O. The topological polar surface area (TPSA) is 66.1 Å². The zero-order valence-corrected chi connectivity index (χ0v) is 14.8. The highest BCUT2D eigenvalue weighted by atomic mass is 19.4. The van der Waals surface area contributed by atoms with Gasteiger partial charge >= 0.3 is 18.4 Å². The number of nitrogens with zero attached hydrogens (tertiary/aromatic N) is 1. The molecular weight excluding hydrogens is 390 g/mol. The van der Waals surface area contributed by atoms with E-state index in [1.165, 1.54) is 6.07 Å². The van der Waals surface area contributed by atoms with Gasteiger partial charge < -0.3 is 5.32 Å². The third-order valence-corrected chi connectivity index (χ3v) is 3.81. The highest BCUT2D eigenvalue weighted by Crippen LogP contribution is 2.38. The number of unbranched alkanes of at least 4 members (excludes halogenated alkanes) is 2. The number of hydrazine groups is 1. The van der Waals surface area contributed by atoms with Crippen molar-refractivity contribution in [1.82, 2.24) is 15.7 Å². The standard InChI is InChI=1S/C17H18F6N4O/c1-2-3-4-8-24-15(28)27-26-12-9-13(17(21,22)23)25-14-10(12)6-5-7-11(14)16(18,19)20/h5-7,9H,2-4,8H2,1H3,(H,25,26)(H2,24,27,28).